The van der Waals surface area contributed by atoms with Crippen LogP contribution in [0.1, 0.15) is 49.0 Å². The van der Waals surface area contributed by atoms with E-state index in [0.29, 0.717) is 12.3 Å². The number of amides is 1. The Balaban J connectivity index is 1.87. The van der Waals surface area contributed by atoms with E-state index < -0.39 is 15.9 Å². The molecule has 1 saturated carbocycles. The number of rotatable bonds is 5. The normalized spacial score (nSPS) is 17.1. The summed E-state index contributed by atoms with van der Waals surface area (Å²) in [7, 11) is -1.91. The van der Waals surface area contributed by atoms with Gasteiger partial charge < -0.3 is 4.57 Å². The Morgan fingerprint density at radius 2 is 2.10 bits per heavy atom. The highest BCUT2D eigenvalue weighted by Gasteiger charge is 2.21. The first kappa shape index (κ1) is 15.0. The zero-order valence-corrected chi connectivity index (χ0v) is 12.5. The van der Waals surface area contributed by atoms with Gasteiger partial charge in [-0.15, -0.1) is 0 Å². The fraction of sp³-hybridized carbons (Fsp3) is 0.692. The lowest BCUT2D eigenvalue weighted by Gasteiger charge is -2.21. The van der Waals surface area contributed by atoms with Crippen LogP contribution in [0.15, 0.2) is 12.5 Å². The zero-order chi connectivity index (χ0) is 14.6. The Bertz CT molecular complexity index is 559. The van der Waals surface area contributed by atoms with Gasteiger partial charge in [0.2, 0.25) is 10.0 Å². The van der Waals surface area contributed by atoms with Gasteiger partial charge in [-0.2, -0.15) is 0 Å². The number of aromatic nitrogens is 2. The van der Waals surface area contributed by atoms with Crippen LogP contribution in [0, 0.1) is 5.92 Å². The van der Waals surface area contributed by atoms with Gasteiger partial charge in [-0.1, -0.05) is 32.1 Å². The first-order chi connectivity index (χ1) is 9.48. The minimum atomic E-state index is -3.56. The smallest absolute Gasteiger partial charge is 0.282 e. The van der Waals surface area contributed by atoms with Crippen molar-refractivity contribution in [1.82, 2.24) is 14.3 Å². The average Bonchev–Trinajstić information content (AvgIpc) is 2.84. The number of sulfonamides is 1. The van der Waals surface area contributed by atoms with Crippen LogP contribution in [0.2, 0.25) is 0 Å². The maximum atomic E-state index is 11.9. The third-order valence-corrected chi connectivity index (χ3v) is 5.09. The molecule has 1 heterocycles. The topological polar surface area (TPSA) is 81.1 Å². The minimum absolute atomic E-state index is 0.0151. The van der Waals surface area contributed by atoms with Crippen molar-refractivity contribution in [3.63, 3.8) is 0 Å². The van der Waals surface area contributed by atoms with Gasteiger partial charge in [-0.3, -0.25) is 4.79 Å². The van der Waals surface area contributed by atoms with Crippen LogP contribution < -0.4 is 4.72 Å². The van der Waals surface area contributed by atoms with Crippen molar-refractivity contribution in [2.24, 2.45) is 13.0 Å². The largest absolute Gasteiger partial charge is 0.330 e. The summed E-state index contributed by atoms with van der Waals surface area (Å²) < 4.78 is 27.5. The van der Waals surface area contributed by atoms with Gasteiger partial charge in [0.1, 0.15) is 5.69 Å². The van der Waals surface area contributed by atoms with Crippen molar-refractivity contribution in [3.8, 4) is 0 Å². The van der Waals surface area contributed by atoms with E-state index in [1.165, 1.54) is 36.4 Å². The average molecular weight is 299 g/mol. The van der Waals surface area contributed by atoms with E-state index >= 15 is 0 Å². The molecule has 20 heavy (non-hydrogen) atoms. The van der Waals surface area contributed by atoms with E-state index in [-0.39, 0.29) is 11.4 Å². The molecule has 112 valence electrons. The molecular formula is C13H21N3O3S. The Labute approximate surface area is 119 Å². The van der Waals surface area contributed by atoms with Gasteiger partial charge in [0.25, 0.3) is 5.91 Å². The molecule has 0 aliphatic heterocycles. The summed E-state index contributed by atoms with van der Waals surface area (Å²) in [5.41, 5.74) is 0.242. The lowest BCUT2D eigenvalue weighted by atomic mass is 9.88. The zero-order valence-electron chi connectivity index (χ0n) is 11.7. The van der Waals surface area contributed by atoms with Crippen molar-refractivity contribution < 1.29 is 13.2 Å². The molecule has 1 N–H and O–H groups in total. The molecule has 0 bridgehead atoms. The Morgan fingerprint density at radius 1 is 1.40 bits per heavy atom. The van der Waals surface area contributed by atoms with E-state index in [4.69, 9.17) is 0 Å². The summed E-state index contributed by atoms with van der Waals surface area (Å²) in [4.78, 5) is 15.6. The predicted octanol–water partition coefficient (Wildman–Crippen LogP) is 1.45. The fourth-order valence-corrected chi connectivity index (χ4v) is 3.75. The van der Waals surface area contributed by atoms with Crippen molar-refractivity contribution in [2.45, 2.75) is 38.5 Å². The number of hydrogen-bond acceptors (Lipinski definition) is 4. The third kappa shape index (κ3) is 4.06. The highest BCUT2D eigenvalue weighted by Crippen LogP contribution is 2.26. The van der Waals surface area contributed by atoms with Crippen LogP contribution in [0.25, 0.3) is 0 Å². The molecule has 2 rings (SSSR count). The van der Waals surface area contributed by atoms with Crippen LogP contribution >= 0.6 is 0 Å². The summed E-state index contributed by atoms with van der Waals surface area (Å²) in [6, 6.07) is 0. The molecule has 0 saturated heterocycles. The van der Waals surface area contributed by atoms with E-state index in [0.717, 1.165) is 12.8 Å². The predicted molar refractivity (Wildman–Crippen MR) is 75.7 cm³/mol. The molecular weight excluding hydrogens is 278 g/mol. The molecule has 1 aromatic heterocycles. The molecule has 0 radical (unpaired) electrons. The molecule has 1 fully saturated rings. The van der Waals surface area contributed by atoms with Gasteiger partial charge in [-0.05, 0) is 12.3 Å². The van der Waals surface area contributed by atoms with Crippen LogP contribution in [0.5, 0.6) is 0 Å². The first-order valence-electron chi connectivity index (χ1n) is 6.99. The molecule has 0 spiro atoms. The Kier molecular flexibility index (Phi) is 4.80. The highest BCUT2D eigenvalue weighted by molar-refractivity contribution is 7.90. The second-order valence-electron chi connectivity index (χ2n) is 5.43. The monoisotopic (exact) mass is 299 g/mol. The number of hydrogen-bond donors (Lipinski definition) is 1. The van der Waals surface area contributed by atoms with E-state index in [9.17, 15) is 13.2 Å². The van der Waals surface area contributed by atoms with Crippen molar-refractivity contribution in [2.75, 3.05) is 5.75 Å². The Hall–Kier alpha value is -1.37. The van der Waals surface area contributed by atoms with Gasteiger partial charge in [-0.25, -0.2) is 18.1 Å². The molecule has 0 unspecified atom stereocenters. The van der Waals surface area contributed by atoms with Gasteiger partial charge in [0.05, 0.1) is 18.3 Å². The van der Waals surface area contributed by atoms with Crippen LogP contribution in [-0.4, -0.2) is 29.6 Å². The van der Waals surface area contributed by atoms with Gasteiger partial charge >= 0.3 is 0 Å². The van der Waals surface area contributed by atoms with Crippen LogP contribution in [-0.2, 0) is 17.1 Å². The van der Waals surface area contributed by atoms with Crippen LogP contribution in [0.4, 0.5) is 0 Å². The second-order valence-corrected chi connectivity index (χ2v) is 7.27. The molecule has 7 heteroatoms. The quantitative estimate of drug-likeness (QED) is 0.892. The highest BCUT2D eigenvalue weighted by atomic mass is 32.2. The van der Waals surface area contributed by atoms with Crippen molar-refractivity contribution >= 4 is 15.9 Å². The fourth-order valence-electron chi connectivity index (χ4n) is 2.62. The summed E-state index contributed by atoms with van der Waals surface area (Å²) >= 11 is 0. The van der Waals surface area contributed by atoms with E-state index in [2.05, 4.69) is 9.71 Å². The Morgan fingerprint density at radius 3 is 2.70 bits per heavy atom. The maximum absolute atomic E-state index is 11.9. The van der Waals surface area contributed by atoms with Crippen molar-refractivity contribution in [1.29, 1.82) is 0 Å². The van der Waals surface area contributed by atoms with Gasteiger partial charge in [0, 0.05) is 7.05 Å². The number of carbonyl (C=O) groups is 1. The standard InChI is InChI=1S/C13H21N3O3S/c1-16-10-14-9-12(16)13(17)15-20(18,19)8-7-11-5-3-2-4-6-11/h9-11H,2-8H2,1H3,(H,15,17). The first-order valence-corrected chi connectivity index (χ1v) is 8.64. The number of carbonyl (C=O) groups excluding carboxylic acids is 1. The van der Waals surface area contributed by atoms with Crippen molar-refractivity contribution in [3.05, 3.63) is 18.2 Å². The lowest BCUT2D eigenvalue weighted by molar-refractivity contribution is 0.0973. The number of nitrogens with one attached hydrogen (secondary N) is 1. The van der Waals surface area contributed by atoms with Crippen LogP contribution in [0.3, 0.4) is 0 Å². The minimum Gasteiger partial charge on any atom is -0.330 e. The summed E-state index contributed by atoms with van der Waals surface area (Å²) in [5, 5.41) is 0. The summed E-state index contributed by atoms with van der Waals surface area (Å²) in [6.45, 7) is 0. The van der Waals surface area contributed by atoms with Gasteiger partial charge in [0.15, 0.2) is 0 Å². The summed E-state index contributed by atoms with van der Waals surface area (Å²) in [5.74, 6) is -0.123. The number of aryl methyl sites for hydroxylation is 1. The molecule has 1 amide bonds. The summed E-state index contributed by atoms with van der Waals surface area (Å²) in [6.07, 6.45) is 9.28. The molecule has 0 atom stereocenters. The third-order valence-electron chi connectivity index (χ3n) is 3.82. The number of imidazole rings is 1. The molecule has 0 aromatic carbocycles. The lowest BCUT2D eigenvalue weighted by Crippen LogP contribution is -2.34. The van der Waals surface area contributed by atoms with E-state index in [1.807, 2.05) is 0 Å². The van der Waals surface area contributed by atoms with E-state index in [1.54, 1.807) is 7.05 Å². The molecule has 1 aromatic rings. The molecule has 1 aliphatic carbocycles. The number of nitrogens with zero attached hydrogens (tertiary/aromatic N) is 2. The SMILES string of the molecule is Cn1cncc1C(=O)NS(=O)(=O)CCC1CCCCC1. The maximum Gasteiger partial charge on any atom is 0.282 e. The second kappa shape index (κ2) is 6.39. The molecule has 1 aliphatic rings. The molecule has 6 nitrogen and oxygen atoms in total.